The number of aromatic nitrogens is 7. The molecule has 1 aromatic carbocycles. The molecule has 170 valence electrons. The van der Waals surface area contributed by atoms with Crippen molar-refractivity contribution < 1.29 is 4.79 Å². The van der Waals surface area contributed by atoms with Crippen molar-refractivity contribution in [2.45, 2.75) is 6.92 Å². The smallest absolute Gasteiger partial charge is 0.346 e. The molecule has 0 aliphatic heterocycles. The maximum absolute atomic E-state index is 12.6. The van der Waals surface area contributed by atoms with E-state index in [4.69, 9.17) is 28.9 Å². The Morgan fingerprint density at radius 1 is 1.09 bits per heavy atom. The molecule has 0 spiro atoms. The fourth-order valence-electron chi connectivity index (χ4n) is 3.31. The van der Waals surface area contributed by atoms with Gasteiger partial charge in [-0.25, -0.2) is 24.3 Å². The molecule has 0 atom stereocenters. The van der Waals surface area contributed by atoms with E-state index in [-0.39, 0.29) is 0 Å². The number of nitrogens with one attached hydrogen (secondary N) is 2. The van der Waals surface area contributed by atoms with E-state index in [9.17, 15) is 4.79 Å². The lowest BCUT2D eigenvalue weighted by Crippen LogP contribution is -2.20. The molecule has 0 unspecified atom stereocenters. The van der Waals surface area contributed by atoms with Gasteiger partial charge in [-0.1, -0.05) is 23.2 Å². The predicted molar refractivity (Wildman–Crippen MR) is 130 cm³/mol. The third kappa shape index (κ3) is 4.21. The second kappa shape index (κ2) is 8.61. The van der Waals surface area contributed by atoms with Crippen molar-refractivity contribution in [3.8, 4) is 11.4 Å². The molecule has 4 N–H and O–H groups in total. The number of carbonyl (C=O) groups is 1. The van der Waals surface area contributed by atoms with Gasteiger partial charge < -0.3 is 16.4 Å². The molecule has 34 heavy (non-hydrogen) atoms. The zero-order valence-corrected chi connectivity index (χ0v) is 19.1. The quantitative estimate of drug-likeness (QED) is 0.333. The van der Waals surface area contributed by atoms with Crippen LogP contribution >= 0.6 is 23.2 Å². The van der Waals surface area contributed by atoms with E-state index >= 15 is 0 Å². The van der Waals surface area contributed by atoms with Gasteiger partial charge in [0.1, 0.15) is 17.3 Å². The highest BCUT2D eigenvalue weighted by Gasteiger charge is 2.19. The van der Waals surface area contributed by atoms with E-state index in [2.05, 4.69) is 35.8 Å². The van der Waals surface area contributed by atoms with E-state index in [1.54, 1.807) is 60.1 Å². The summed E-state index contributed by atoms with van der Waals surface area (Å²) in [7, 11) is 0. The lowest BCUT2D eigenvalue weighted by atomic mass is 10.3. The summed E-state index contributed by atoms with van der Waals surface area (Å²) >= 11 is 12.1. The third-order valence-corrected chi connectivity index (χ3v) is 5.27. The van der Waals surface area contributed by atoms with E-state index in [0.29, 0.717) is 56.0 Å². The molecule has 4 aromatic heterocycles. The number of nitrogen functional groups attached to an aromatic ring is 1. The van der Waals surface area contributed by atoms with Gasteiger partial charge in [-0.05, 0) is 37.3 Å². The number of benzene rings is 1. The number of nitrogens with two attached hydrogens (primary N) is 1. The number of rotatable bonds is 4. The Bertz CT molecular complexity index is 1520. The zero-order valence-electron chi connectivity index (χ0n) is 17.6. The van der Waals surface area contributed by atoms with Gasteiger partial charge in [0.2, 0.25) is 0 Å². The molecule has 1 amide bonds. The van der Waals surface area contributed by atoms with Crippen molar-refractivity contribution in [2.24, 2.45) is 0 Å². The number of fused-ring (bicyclic) bond motifs is 1. The fraction of sp³-hybridized carbons (Fsp3) is 0.0476. The molecule has 5 rings (SSSR count). The summed E-state index contributed by atoms with van der Waals surface area (Å²) in [5.74, 6) is 1.63. The fourth-order valence-corrected chi connectivity index (χ4v) is 3.65. The van der Waals surface area contributed by atoms with Gasteiger partial charge in [0.05, 0.1) is 16.4 Å². The van der Waals surface area contributed by atoms with Crippen LogP contribution in [0.1, 0.15) is 5.82 Å². The van der Waals surface area contributed by atoms with E-state index < -0.39 is 6.03 Å². The van der Waals surface area contributed by atoms with Crippen molar-refractivity contribution in [2.75, 3.05) is 16.4 Å². The molecule has 4 heterocycles. The average Bonchev–Trinajstić information content (AvgIpc) is 3.40. The number of aryl methyl sites for hydroxylation is 1. The van der Waals surface area contributed by atoms with Gasteiger partial charge in [-0.2, -0.15) is 9.78 Å². The average molecular weight is 495 g/mol. The van der Waals surface area contributed by atoms with Gasteiger partial charge in [0.25, 0.3) is 0 Å². The van der Waals surface area contributed by atoms with Crippen LogP contribution < -0.4 is 16.4 Å². The molecule has 0 saturated carbocycles. The lowest BCUT2D eigenvalue weighted by molar-refractivity contribution is 0.251. The number of imidazole rings is 1. The van der Waals surface area contributed by atoms with Crippen LogP contribution in [0.5, 0.6) is 0 Å². The van der Waals surface area contributed by atoms with Crippen LogP contribution in [-0.4, -0.2) is 40.4 Å². The third-order valence-electron chi connectivity index (χ3n) is 4.71. The van der Waals surface area contributed by atoms with E-state index in [1.807, 2.05) is 0 Å². The highest BCUT2D eigenvalue weighted by atomic mass is 35.5. The number of hydrogen-bond acceptors (Lipinski definition) is 8. The minimum atomic E-state index is -0.520. The van der Waals surface area contributed by atoms with Crippen molar-refractivity contribution in [1.82, 2.24) is 34.3 Å². The van der Waals surface area contributed by atoms with Crippen molar-refractivity contribution in [3.63, 3.8) is 0 Å². The summed E-state index contributed by atoms with van der Waals surface area (Å²) in [4.78, 5) is 25.8. The van der Waals surface area contributed by atoms with Crippen LogP contribution in [0.25, 0.3) is 17.0 Å². The Balaban J connectivity index is 1.47. The van der Waals surface area contributed by atoms with Gasteiger partial charge in [-0.3, -0.25) is 0 Å². The second-order valence-corrected chi connectivity index (χ2v) is 8.00. The highest BCUT2D eigenvalue weighted by molar-refractivity contribution is 6.35. The lowest BCUT2D eigenvalue weighted by Gasteiger charge is -2.08. The van der Waals surface area contributed by atoms with Crippen LogP contribution in [0.15, 0.2) is 54.9 Å². The number of carbonyl (C=O) groups excluding carboxylic acids is 1. The largest absolute Gasteiger partial charge is 0.384 e. The van der Waals surface area contributed by atoms with Crippen molar-refractivity contribution in [1.29, 1.82) is 0 Å². The molecule has 5 aromatic rings. The van der Waals surface area contributed by atoms with Crippen molar-refractivity contribution >= 4 is 58.0 Å². The van der Waals surface area contributed by atoms with Crippen molar-refractivity contribution in [3.05, 3.63) is 70.7 Å². The number of nitrogens with zero attached hydrogens (tertiary/aromatic N) is 7. The second-order valence-electron chi connectivity index (χ2n) is 7.15. The van der Waals surface area contributed by atoms with Gasteiger partial charge in [-0.15, -0.1) is 5.10 Å². The number of halogens is 2. The van der Waals surface area contributed by atoms with Crippen LogP contribution in [0.3, 0.4) is 0 Å². The Morgan fingerprint density at radius 3 is 2.76 bits per heavy atom. The van der Waals surface area contributed by atoms with E-state index in [0.717, 1.165) is 4.68 Å². The molecular weight excluding hydrogens is 479 g/mol. The van der Waals surface area contributed by atoms with Gasteiger partial charge in [0, 0.05) is 29.5 Å². The maximum Gasteiger partial charge on any atom is 0.346 e. The number of amides is 1. The van der Waals surface area contributed by atoms with Gasteiger partial charge in [0.15, 0.2) is 17.3 Å². The molecule has 13 heteroatoms. The molecule has 0 saturated heterocycles. The Hall–Kier alpha value is -4.22. The molecule has 0 fully saturated rings. The van der Waals surface area contributed by atoms with Crippen LogP contribution in [-0.2, 0) is 0 Å². The molecule has 0 bridgehead atoms. The van der Waals surface area contributed by atoms with Crippen LogP contribution in [0, 0.1) is 6.92 Å². The first kappa shape index (κ1) is 21.6. The minimum absolute atomic E-state index is 0.319. The summed E-state index contributed by atoms with van der Waals surface area (Å²) in [6.45, 7) is 1.75. The highest BCUT2D eigenvalue weighted by Crippen LogP contribution is 2.30. The minimum Gasteiger partial charge on any atom is -0.384 e. The molecular formula is C21H16Cl2N10O. The van der Waals surface area contributed by atoms with E-state index in [1.165, 1.54) is 6.20 Å². The summed E-state index contributed by atoms with van der Waals surface area (Å²) in [6.07, 6.45) is 3.13. The monoisotopic (exact) mass is 494 g/mol. The first-order chi connectivity index (χ1) is 16.4. The van der Waals surface area contributed by atoms with Gasteiger partial charge >= 0.3 is 6.03 Å². The molecule has 0 aliphatic carbocycles. The Morgan fingerprint density at radius 2 is 1.94 bits per heavy atom. The standard InChI is InChI=1S/C21H16Cl2N10O/c1-11-26-15(10-16(24)27-11)19-20(30-18-3-2-7-25-33(18)19)29-17-6-8-32(31-17)21(34)28-14-9-12(22)4-5-13(14)23/h2-10H,1H3,(H,28,34)(H,29,31)(H2,24,26,27). The van der Waals surface area contributed by atoms with Crippen LogP contribution in [0.2, 0.25) is 10.0 Å². The topological polar surface area (TPSA) is 141 Å². The normalized spacial score (nSPS) is 11.0. The molecule has 0 aliphatic rings. The summed E-state index contributed by atoms with van der Waals surface area (Å²) in [6, 6.07) is 11.1. The first-order valence-corrected chi connectivity index (χ1v) is 10.7. The van der Waals surface area contributed by atoms with Crippen LogP contribution in [0.4, 0.5) is 27.9 Å². The summed E-state index contributed by atoms with van der Waals surface area (Å²) < 4.78 is 2.76. The maximum atomic E-state index is 12.6. The number of hydrogen-bond donors (Lipinski definition) is 3. The Labute approximate surface area is 202 Å². The zero-order chi connectivity index (χ0) is 23.8. The number of anilines is 4. The summed E-state index contributed by atoms with van der Waals surface area (Å²) in [5.41, 5.74) is 7.99. The Kier molecular flexibility index (Phi) is 5.48. The predicted octanol–water partition coefficient (Wildman–Crippen LogP) is 4.40. The summed E-state index contributed by atoms with van der Waals surface area (Å²) in [5, 5.41) is 15.3. The SMILES string of the molecule is Cc1nc(N)cc(-c2c(Nc3ccn(C(=O)Nc4cc(Cl)ccc4Cl)n3)nc3cccnn23)n1. The molecule has 0 radical (unpaired) electrons. The first-order valence-electron chi connectivity index (χ1n) is 9.92. The molecule has 11 nitrogen and oxygen atoms in total.